The van der Waals surface area contributed by atoms with Gasteiger partial charge in [0.05, 0.1) is 0 Å². The van der Waals surface area contributed by atoms with Gasteiger partial charge in [0.2, 0.25) is 0 Å². The van der Waals surface area contributed by atoms with Crippen LogP contribution in [0.1, 0.15) is 89.7 Å². The largest absolute Gasteiger partial charge is 0.402 e. The van der Waals surface area contributed by atoms with Crippen LogP contribution in [0.2, 0.25) is 0 Å². The Morgan fingerprint density at radius 2 is 1.70 bits per heavy atom. The van der Waals surface area contributed by atoms with E-state index in [9.17, 15) is 0 Å². The van der Waals surface area contributed by atoms with Gasteiger partial charge in [-0.2, -0.15) is 0 Å². The van der Waals surface area contributed by atoms with Crippen LogP contribution in [-0.4, -0.2) is 6.54 Å². The lowest BCUT2D eigenvalue weighted by Gasteiger charge is -2.28. The smallest absolute Gasteiger partial charge is 0.0487 e. The molecule has 1 heterocycles. The van der Waals surface area contributed by atoms with Crippen molar-refractivity contribution in [2.75, 3.05) is 16.8 Å². The second-order valence-electron chi connectivity index (χ2n) is 11.7. The van der Waals surface area contributed by atoms with Gasteiger partial charge in [-0.15, -0.1) is 13.2 Å². The maximum atomic E-state index is 5.94. The number of allylic oxidation sites excluding steroid dienone is 6. The summed E-state index contributed by atoms with van der Waals surface area (Å²) in [5, 5.41) is 3.57. The highest BCUT2D eigenvalue weighted by Crippen LogP contribution is 2.44. The van der Waals surface area contributed by atoms with E-state index in [1.807, 2.05) is 0 Å². The molecule has 0 radical (unpaired) electrons. The van der Waals surface area contributed by atoms with E-state index in [4.69, 9.17) is 5.73 Å². The van der Waals surface area contributed by atoms with Crippen molar-refractivity contribution in [2.24, 2.45) is 5.73 Å². The molecule has 1 aliphatic carbocycles. The average molecular weight is 588 g/mol. The molecule has 1 aliphatic heterocycles. The first-order chi connectivity index (χ1) is 21.3. The summed E-state index contributed by atoms with van der Waals surface area (Å²) >= 11 is 0. The number of fused-ring (bicyclic) bond motifs is 2. The molecule has 2 aliphatic rings. The van der Waals surface area contributed by atoms with Crippen LogP contribution in [0.5, 0.6) is 0 Å². The molecule has 0 amide bonds. The first-order valence-corrected chi connectivity index (χ1v) is 16.2. The summed E-state index contributed by atoms with van der Waals surface area (Å²) in [6.45, 7) is 26.5. The zero-order valence-corrected chi connectivity index (χ0v) is 27.5. The number of unbranched alkanes of at least 4 members (excludes halogenated alkanes) is 3. The molecular weight excluding hydrogens is 534 g/mol. The molecule has 4 rings (SSSR count). The van der Waals surface area contributed by atoms with Gasteiger partial charge in [-0.1, -0.05) is 113 Å². The van der Waals surface area contributed by atoms with Crippen LogP contribution in [0.15, 0.2) is 133 Å². The molecule has 3 N–H and O–H groups in total. The Morgan fingerprint density at radius 1 is 0.977 bits per heavy atom. The number of para-hydroxylation sites is 1. The Labute approximate surface area is 267 Å². The second kappa shape index (κ2) is 17.2. The first kappa shape index (κ1) is 34.3. The minimum absolute atomic E-state index is 0.728. The van der Waals surface area contributed by atoms with Crippen LogP contribution < -0.4 is 16.0 Å². The van der Waals surface area contributed by atoms with Gasteiger partial charge >= 0.3 is 0 Å². The summed E-state index contributed by atoms with van der Waals surface area (Å²) in [6.07, 6.45) is 16.7. The fourth-order valence-corrected chi connectivity index (χ4v) is 6.05. The Kier molecular flexibility index (Phi) is 13.4. The van der Waals surface area contributed by atoms with E-state index in [0.29, 0.717) is 0 Å². The van der Waals surface area contributed by atoms with Gasteiger partial charge in [0.15, 0.2) is 0 Å². The van der Waals surface area contributed by atoms with E-state index in [1.54, 1.807) is 0 Å². The summed E-state index contributed by atoms with van der Waals surface area (Å²) < 4.78 is 0. The number of hydrogen-bond acceptors (Lipinski definition) is 3. The molecule has 0 saturated carbocycles. The van der Waals surface area contributed by atoms with Crippen LogP contribution in [0.4, 0.5) is 11.4 Å². The van der Waals surface area contributed by atoms with Gasteiger partial charge in [0, 0.05) is 47.0 Å². The quantitative estimate of drug-likeness (QED) is 0.131. The average Bonchev–Trinajstić information content (AvgIpc) is 3.35. The fourth-order valence-electron chi connectivity index (χ4n) is 6.05. The molecule has 3 nitrogen and oxygen atoms in total. The second-order valence-corrected chi connectivity index (χ2v) is 11.7. The van der Waals surface area contributed by atoms with Gasteiger partial charge < -0.3 is 16.0 Å². The zero-order chi connectivity index (χ0) is 32.1. The molecule has 232 valence electrons. The van der Waals surface area contributed by atoms with Crippen molar-refractivity contribution in [3.05, 3.63) is 144 Å². The van der Waals surface area contributed by atoms with Crippen molar-refractivity contribution >= 4 is 22.6 Å². The van der Waals surface area contributed by atoms with Gasteiger partial charge in [-0.3, -0.25) is 0 Å². The van der Waals surface area contributed by atoms with Gasteiger partial charge in [0.25, 0.3) is 0 Å². The summed E-state index contributed by atoms with van der Waals surface area (Å²) in [4.78, 5) is 2.38. The third kappa shape index (κ3) is 8.89. The zero-order valence-electron chi connectivity index (χ0n) is 27.5. The Balaban J connectivity index is 0.00000259. The van der Waals surface area contributed by atoms with Gasteiger partial charge in [-0.25, -0.2) is 0 Å². The molecule has 0 bridgehead atoms. The van der Waals surface area contributed by atoms with Crippen molar-refractivity contribution in [1.82, 2.24) is 0 Å². The summed E-state index contributed by atoms with van der Waals surface area (Å²) in [6, 6.07) is 17.3. The lowest BCUT2D eigenvalue weighted by atomic mass is 9.97. The van der Waals surface area contributed by atoms with Crippen molar-refractivity contribution in [3.63, 3.8) is 0 Å². The van der Waals surface area contributed by atoms with Crippen molar-refractivity contribution in [3.8, 4) is 0 Å². The number of benzene rings is 2. The van der Waals surface area contributed by atoms with Crippen LogP contribution in [0.25, 0.3) is 11.3 Å². The number of rotatable bonds is 14. The van der Waals surface area contributed by atoms with Crippen LogP contribution in [-0.2, 0) is 0 Å². The third-order valence-electron chi connectivity index (χ3n) is 8.30. The number of nitrogens with one attached hydrogen (secondary N) is 1. The van der Waals surface area contributed by atoms with E-state index in [2.05, 4.69) is 131 Å². The van der Waals surface area contributed by atoms with Gasteiger partial charge in [-0.05, 0) is 79.5 Å². The highest BCUT2D eigenvalue weighted by atomic mass is 15.1. The van der Waals surface area contributed by atoms with E-state index < -0.39 is 0 Å². The Morgan fingerprint density at radius 3 is 2.39 bits per heavy atom. The fraction of sp³-hybridized carbons (Fsp3) is 0.317. The Bertz CT molecular complexity index is 1440. The van der Waals surface area contributed by atoms with Gasteiger partial charge in [0.1, 0.15) is 0 Å². The molecular formula is C41H53N3. The van der Waals surface area contributed by atoms with E-state index in [1.165, 1.54) is 64.8 Å². The predicted molar refractivity (Wildman–Crippen MR) is 196 cm³/mol. The monoisotopic (exact) mass is 587 g/mol. The normalized spacial score (nSPS) is 14.5. The lowest BCUT2D eigenvalue weighted by Crippen LogP contribution is -2.22. The summed E-state index contributed by atoms with van der Waals surface area (Å²) in [7, 11) is 0. The van der Waals surface area contributed by atoms with Crippen molar-refractivity contribution < 1.29 is 0 Å². The molecule has 2 aromatic rings. The highest BCUT2D eigenvalue weighted by Gasteiger charge is 2.26. The lowest BCUT2D eigenvalue weighted by molar-refractivity contribution is 0.663. The highest BCUT2D eigenvalue weighted by molar-refractivity contribution is 5.90. The maximum Gasteiger partial charge on any atom is 0.0487 e. The SMILES string of the molecule is C=C.C=C(N)CC1=CC2=C(C1)c1ccccc1N(C(=C)c1ccc(NC(=C)C(/C=C\CC)=C(/C)CCCCCC)cc1)CC2. The first-order valence-electron chi connectivity index (χ1n) is 16.2. The molecule has 0 atom stereocenters. The number of hydrogen-bond donors (Lipinski definition) is 2. The van der Waals surface area contributed by atoms with E-state index >= 15 is 0 Å². The maximum absolute atomic E-state index is 5.94. The predicted octanol–water partition coefficient (Wildman–Crippen LogP) is 11.5. The summed E-state index contributed by atoms with van der Waals surface area (Å²) in [5.41, 5.74) is 20.1. The Hall–Kier alpha value is -4.24. The minimum atomic E-state index is 0.728. The molecule has 0 aromatic heterocycles. The van der Waals surface area contributed by atoms with E-state index in [-0.39, 0.29) is 0 Å². The molecule has 2 aromatic carbocycles. The standard InChI is InChI=1S/C39H49N3.C2H4/c1-7-9-11-12-15-28(3)36(16-10-8-2)30(5)41-35-21-19-33(20-22-35)31(6)42-24-23-34-26-32(25-29(4)40)27-38(34)37-17-13-14-18-39(37)42;1-2/h10,13-14,16-22,26,41H,4-9,11-12,15,23-25,27,40H2,1-3H3;1-2H2/b16-10-,36-28-;. The molecule has 0 spiro atoms. The molecule has 0 unspecified atom stereocenters. The number of nitrogens with zero attached hydrogens (tertiary/aromatic N) is 1. The van der Waals surface area contributed by atoms with Crippen LogP contribution in [0, 0.1) is 0 Å². The number of nitrogens with two attached hydrogens (primary N) is 1. The topological polar surface area (TPSA) is 41.3 Å². The van der Waals surface area contributed by atoms with Crippen LogP contribution >= 0.6 is 0 Å². The van der Waals surface area contributed by atoms with Crippen LogP contribution in [0.3, 0.4) is 0 Å². The molecule has 44 heavy (non-hydrogen) atoms. The molecule has 3 heteroatoms. The number of anilines is 2. The molecule has 0 fully saturated rings. The van der Waals surface area contributed by atoms with Crippen molar-refractivity contribution in [2.45, 2.75) is 78.6 Å². The third-order valence-corrected chi connectivity index (χ3v) is 8.30. The summed E-state index contributed by atoms with van der Waals surface area (Å²) in [5.74, 6) is 0. The minimum Gasteiger partial charge on any atom is -0.402 e. The van der Waals surface area contributed by atoms with Crippen molar-refractivity contribution in [1.29, 1.82) is 0 Å². The van der Waals surface area contributed by atoms with E-state index in [0.717, 1.165) is 67.0 Å². The molecule has 0 saturated heterocycles.